The van der Waals surface area contributed by atoms with Crippen LogP contribution in [0.3, 0.4) is 0 Å². The zero-order valence-electron chi connectivity index (χ0n) is 14.7. The second-order valence-corrected chi connectivity index (χ2v) is 6.67. The van der Waals surface area contributed by atoms with Gasteiger partial charge >= 0.3 is 0 Å². The summed E-state index contributed by atoms with van der Waals surface area (Å²) in [7, 11) is 0. The first-order valence-corrected chi connectivity index (χ1v) is 9.00. The van der Waals surface area contributed by atoms with Crippen LogP contribution >= 0.6 is 0 Å². The van der Waals surface area contributed by atoms with Gasteiger partial charge in [0.25, 0.3) is 0 Å². The van der Waals surface area contributed by atoms with Crippen molar-refractivity contribution in [3.8, 4) is 11.3 Å². The molecule has 0 amide bonds. The Hall–Kier alpha value is -3.08. The molecule has 132 valence electrons. The van der Waals surface area contributed by atoms with E-state index >= 15 is 0 Å². The van der Waals surface area contributed by atoms with Crippen molar-refractivity contribution in [3.05, 3.63) is 78.0 Å². The average Bonchev–Trinajstić information content (AvgIpc) is 3.39. The molecule has 2 aromatic carbocycles. The van der Waals surface area contributed by atoms with Crippen LogP contribution in [0, 0.1) is 0 Å². The van der Waals surface area contributed by atoms with Crippen LogP contribution in [0.1, 0.15) is 24.0 Å². The molecule has 5 nitrogen and oxygen atoms in total. The molecule has 0 bridgehead atoms. The molecule has 1 saturated carbocycles. The van der Waals surface area contributed by atoms with Crippen molar-refractivity contribution >= 4 is 5.96 Å². The van der Waals surface area contributed by atoms with Crippen LogP contribution in [-0.2, 0) is 13.1 Å². The minimum absolute atomic E-state index is 0.508. The molecule has 0 unspecified atom stereocenters. The van der Waals surface area contributed by atoms with Crippen LogP contribution in [0.2, 0.25) is 0 Å². The number of nitrogens with one attached hydrogen (secondary N) is 1. The van der Waals surface area contributed by atoms with Gasteiger partial charge in [-0.2, -0.15) is 5.10 Å². The van der Waals surface area contributed by atoms with E-state index in [2.05, 4.69) is 40.8 Å². The lowest BCUT2D eigenvalue weighted by Crippen LogP contribution is -2.33. The molecule has 3 N–H and O–H groups in total. The van der Waals surface area contributed by atoms with Gasteiger partial charge in [-0.05, 0) is 18.4 Å². The second kappa shape index (κ2) is 7.44. The quantitative estimate of drug-likeness (QED) is 0.533. The van der Waals surface area contributed by atoms with Gasteiger partial charge in [-0.15, -0.1) is 0 Å². The van der Waals surface area contributed by atoms with Crippen LogP contribution in [-0.4, -0.2) is 21.8 Å². The Kier molecular flexibility index (Phi) is 4.69. The lowest BCUT2D eigenvalue weighted by molar-refractivity contribution is 0.688. The van der Waals surface area contributed by atoms with Gasteiger partial charge in [0, 0.05) is 23.4 Å². The molecular weight excluding hydrogens is 322 g/mol. The highest BCUT2D eigenvalue weighted by atomic mass is 15.3. The van der Waals surface area contributed by atoms with Gasteiger partial charge in [-0.25, -0.2) is 4.99 Å². The summed E-state index contributed by atoms with van der Waals surface area (Å²) < 4.78 is 1.98. The molecule has 1 aliphatic rings. The summed E-state index contributed by atoms with van der Waals surface area (Å²) in [4.78, 5) is 4.51. The molecule has 5 heteroatoms. The summed E-state index contributed by atoms with van der Waals surface area (Å²) in [5, 5.41) is 8.04. The Morgan fingerprint density at radius 1 is 1.08 bits per heavy atom. The van der Waals surface area contributed by atoms with Crippen molar-refractivity contribution < 1.29 is 0 Å². The summed E-state index contributed by atoms with van der Waals surface area (Å²) in [5.41, 5.74) is 10.3. The topological polar surface area (TPSA) is 68.2 Å². The summed E-state index contributed by atoms with van der Waals surface area (Å²) in [6.45, 7) is 1.25. The first-order chi connectivity index (χ1) is 12.8. The average molecular weight is 345 g/mol. The Morgan fingerprint density at radius 2 is 1.77 bits per heavy atom. The predicted molar refractivity (Wildman–Crippen MR) is 105 cm³/mol. The summed E-state index contributed by atoms with van der Waals surface area (Å²) in [6, 6.07) is 21.1. The number of rotatable bonds is 6. The fourth-order valence-electron chi connectivity index (χ4n) is 2.92. The van der Waals surface area contributed by atoms with Crippen LogP contribution < -0.4 is 11.1 Å². The first-order valence-electron chi connectivity index (χ1n) is 9.00. The Morgan fingerprint density at radius 3 is 2.46 bits per heavy atom. The second-order valence-electron chi connectivity index (χ2n) is 6.67. The van der Waals surface area contributed by atoms with Crippen molar-refractivity contribution in [2.24, 2.45) is 10.7 Å². The fourth-order valence-corrected chi connectivity index (χ4v) is 2.92. The van der Waals surface area contributed by atoms with Crippen LogP contribution in [0.4, 0.5) is 0 Å². The Labute approximate surface area is 153 Å². The number of guanidine groups is 1. The molecule has 26 heavy (non-hydrogen) atoms. The summed E-state index contributed by atoms with van der Waals surface area (Å²) in [5.74, 6) is 0.516. The van der Waals surface area contributed by atoms with E-state index in [1.165, 1.54) is 18.4 Å². The van der Waals surface area contributed by atoms with Gasteiger partial charge in [0.15, 0.2) is 5.96 Å². The minimum Gasteiger partial charge on any atom is -0.370 e. The van der Waals surface area contributed by atoms with Crippen molar-refractivity contribution in [1.29, 1.82) is 0 Å². The largest absolute Gasteiger partial charge is 0.370 e. The monoisotopic (exact) mass is 345 g/mol. The number of nitrogens with two attached hydrogens (primary N) is 1. The molecule has 0 spiro atoms. The SMILES string of the molecule is NC(=NCc1cn(Cc2ccccc2)nc1-c1ccccc1)NC1CC1. The smallest absolute Gasteiger partial charge is 0.189 e. The van der Waals surface area contributed by atoms with E-state index in [1.54, 1.807) is 0 Å². The normalized spacial score (nSPS) is 14.4. The Bertz CT molecular complexity index is 879. The van der Waals surface area contributed by atoms with Gasteiger partial charge in [-0.3, -0.25) is 4.68 Å². The number of hydrogen-bond donors (Lipinski definition) is 2. The highest BCUT2D eigenvalue weighted by Crippen LogP contribution is 2.23. The van der Waals surface area contributed by atoms with Crippen molar-refractivity contribution in [2.45, 2.75) is 32.0 Å². The zero-order valence-corrected chi connectivity index (χ0v) is 14.7. The van der Waals surface area contributed by atoms with Gasteiger partial charge in [0.2, 0.25) is 0 Å². The van der Waals surface area contributed by atoms with Crippen LogP contribution in [0.5, 0.6) is 0 Å². The van der Waals surface area contributed by atoms with E-state index < -0.39 is 0 Å². The van der Waals surface area contributed by atoms with Crippen LogP contribution in [0.15, 0.2) is 71.9 Å². The third-order valence-corrected chi connectivity index (χ3v) is 4.42. The molecule has 4 rings (SSSR count). The Balaban J connectivity index is 1.59. The molecule has 0 saturated heterocycles. The predicted octanol–water partition coefficient (Wildman–Crippen LogP) is 3.17. The number of aromatic nitrogens is 2. The summed E-state index contributed by atoms with van der Waals surface area (Å²) in [6.07, 6.45) is 4.43. The molecular formula is C21H23N5. The molecule has 1 fully saturated rings. The highest BCUT2D eigenvalue weighted by molar-refractivity contribution is 5.78. The number of hydrogen-bond acceptors (Lipinski definition) is 2. The van der Waals surface area contributed by atoms with E-state index in [4.69, 9.17) is 10.8 Å². The molecule has 0 radical (unpaired) electrons. The van der Waals surface area contributed by atoms with Gasteiger partial charge in [0.1, 0.15) is 0 Å². The number of nitrogens with zero attached hydrogens (tertiary/aromatic N) is 3. The highest BCUT2D eigenvalue weighted by Gasteiger charge is 2.21. The number of aliphatic imine (C=N–C) groups is 1. The molecule has 0 atom stereocenters. The lowest BCUT2D eigenvalue weighted by Gasteiger charge is -2.03. The lowest BCUT2D eigenvalue weighted by atomic mass is 10.1. The van der Waals surface area contributed by atoms with Crippen molar-refractivity contribution in [3.63, 3.8) is 0 Å². The maximum absolute atomic E-state index is 5.99. The maximum atomic E-state index is 5.99. The number of benzene rings is 2. The van der Waals surface area contributed by atoms with Crippen LogP contribution in [0.25, 0.3) is 11.3 Å². The molecule has 1 heterocycles. The van der Waals surface area contributed by atoms with Gasteiger partial charge < -0.3 is 11.1 Å². The zero-order chi connectivity index (χ0) is 17.8. The van der Waals surface area contributed by atoms with E-state index in [-0.39, 0.29) is 0 Å². The molecule has 1 aliphatic carbocycles. The molecule has 0 aliphatic heterocycles. The van der Waals surface area contributed by atoms with E-state index in [9.17, 15) is 0 Å². The van der Waals surface area contributed by atoms with Crippen molar-refractivity contribution in [1.82, 2.24) is 15.1 Å². The van der Waals surface area contributed by atoms with E-state index in [0.717, 1.165) is 23.4 Å². The molecule has 3 aromatic rings. The molecule has 1 aromatic heterocycles. The fraction of sp³-hybridized carbons (Fsp3) is 0.238. The standard InChI is InChI=1S/C21H23N5/c22-21(24-19-11-12-19)23-13-18-15-26(14-16-7-3-1-4-8-16)25-20(18)17-9-5-2-6-10-17/h1-10,15,19H,11-14H2,(H3,22,23,24). The first kappa shape index (κ1) is 16.4. The van der Waals surface area contributed by atoms with E-state index in [0.29, 0.717) is 18.5 Å². The van der Waals surface area contributed by atoms with E-state index in [1.807, 2.05) is 41.1 Å². The maximum Gasteiger partial charge on any atom is 0.189 e. The summed E-state index contributed by atoms with van der Waals surface area (Å²) >= 11 is 0. The third kappa shape index (κ3) is 4.11. The minimum atomic E-state index is 0.508. The van der Waals surface area contributed by atoms with Crippen molar-refractivity contribution in [2.75, 3.05) is 0 Å². The van der Waals surface area contributed by atoms with Gasteiger partial charge in [-0.1, -0.05) is 60.7 Å². The van der Waals surface area contributed by atoms with Gasteiger partial charge in [0.05, 0.1) is 18.8 Å². The third-order valence-electron chi connectivity index (χ3n) is 4.42.